The molecule has 3 N–H and O–H groups in total. The second-order valence-corrected chi connectivity index (χ2v) is 4.84. The Bertz CT molecular complexity index is 353. The van der Waals surface area contributed by atoms with Crippen LogP contribution in [0.5, 0.6) is 5.75 Å². The Labute approximate surface area is 115 Å². The van der Waals surface area contributed by atoms with Crippen LogP contribution in [0.4, 0.5) is 0 Å². The molecular formula is C15H25NO3. The molecule has 1 aromatic rings. The normalized spacial score (nSPS) is 15.8. The van der Waals surface area contributed by atoms with Crippen molar-refractivity contribution in [3.63, 3.8) is 0 Å². The highest BCUT2D eigenvalue weighted by molar-refractivity contribution is 5.29. The van der Waals surface area contributed by atoms with Gasteiger partial charge in [-0.05, 0) is 30.0 Å². The van der Waals surface area contributed by atoms with Crippen LogP contribution in [0, 0.1) is 0 Å². The highest BCUT2D eigenvalue weighted by Gasteiger charge is 2.18. The molecule has 0 aliphatic carbocycles. The average Bonchev–Trinajstić information content (AvgIpc) is 2.44. The lowest BCUT2D eigenvalue weighted by Crippen LogP contribution is -2.44. The minimum Gasteiger partial charge on any atom is -0.486 e. The van der Waals surface area contributed by atoms with Gasteiger partial charge in [0.25, 0.3) is 0 Å². The van der Waals surface area contributed by atoms with Crippen LogP contribution in [0.1, 0.15) is 31.7 Å². The molecule has 0 spiro atoms. The van der Waals surface area contributed by atoms with E-state index in [1.165, 1.54) is 5.56 Å². The maximum atomic E-state index is 9.30. The van der Waals surface area contributed by atoms with Crippen molar-refractivity contribution in [2.75, 3.05) is 20.3 Å². The Morgan fingerprint density at radius 1 is 1.26 bits per heavy atom. The number of hydrogen-bond acceptors (Lipinski definition) is 4. The fourth-order valence-electron chi connectivity index (χ4n) is 1.85. The fraction of sp³-hybridized carbons (Fsp3) is 0.600. The van der Waals surface area contributed by atoms with Gasteiger partial charge in [-0.25, -0.2) is 0 Å². The first-order valence-corrected chi connectivity index (χ1v) is 6.74. The van der Waals surface area contributed by atoms with Crippen molar-refractivity contribution < 1.29 is 14.6 Å². The van der Waals surface area contributed by atoms with Gasteiger partial charge in [-0.3, -0.25) is 0 Å². The number of aliphatic hydroxyl groups is 1. The van der Waals surface area contributed by atoms with Crippen molar-refractivity contribution in [3.05, 3.63) is 29.8 Å². The number of methoxy groups -OCH3 is 1. The standard InChI is InChI=1S/C15H25NO3/c1-4-11(2)12-5-7-13(8-6-12)19-15(9-17)14(16)10-18-3/h5-8,11,14-15,17H,4,9-10,16H2,1-3H3. The van der Waals surface area contributed by atoms with Crippen molar-refractivity contribution in [3.8, 4) is 5.75 Å². The Hall–Kier alpha value is -1.10. The van der Waals surface area contributed by atoms with Gasteiger partial charge in [-0.1, -0.05) is 26.0 Å². The number of ether oxygens (including phenoxy) is 2. The number of nitrogens with two attached hydrogens (primary N) is 1. The molecule has 1 rings (SSSR count). The van der Waals surface area contributed by atoms with E-state index in [1.54, 1.807) is 7.11 Å². The maximum Gasteiger partial charge on any atom is 0.139 e. The molecule has 3 unspecified atom stereocenters. The van der Waals surface area contributed by atoms with E-state index in [0.717, 1.165) is 12.2 Å². The summed E-state index contributed by atoms with van der Waals surface area (Å²) in [7, 11) is 1.58. The van der Waals surface area contributed by atoms with Crippen LogP contribution in [0.2, 0.25) is 0 Å². The minimum absolute atomic E-state index is 0.127. The highest BCUT2D eigenvalue weighted by atomic mass is 16.5. The predicted molar refractivity (Wildman–Crippen MR) is 76.5 cm³/mol. The Balaban J connectivity index is 2.65. The molecule has 19 heavy (non-hydrogen) atoms. The van der Waals surface area contributed by atoms with E-state index in [1.807, 2.05) is 12.1 Å². The molecule has 0 aliphatic heterocycles. The van der Waals surface area contributed by atoms with Crippen LogP contribution < -0.4 is 10.5 Å². The molecule has 108 valence electrons. The molecule has 0 saturated carbocycles. The maximum absolute atomic E-state index is 9.30. The third kappa shape index (κ3) is 4.82. The quantitative estimate of drug-likeness (QED) is 0.755. The van der Waals surface area contributed by atoms with Gasteiger partial charge in [0.05, 0.1) is 19.3 Å². The summed E-state index contributed by atoms with van der Waals surface area (Å²) in [4.78, 5) is 0. The predicted octanol–water partition coefficient (Wildman–Crippen LogP) is 1.91. The first kappa shape index (κ1) is 16.0. The molecule has 0 bridgehead atoms. The summed E-state index contributed by atoms with van der Waals surface area (Å²) < 4.78 is 10.7. The zero-order chi connectivity index (χ0) is 14.3. The molecular weight excluding hydrogens is 242 g/mol. The van der Waals surface area contributed by atoms with Crippen LogP contribution in [-0.2, 0) is 4.74 Å². The van der Waals surface area contributed by atoms with Gasteiger partial charge in [-0.2, -0.15) is 0 Å². The van der Waals surface area contributed by atoms with Gasteiger partial charge in [-0.15, -0.1) is 0 Å². The lowest BCUT2D eigenvalue weighted by Gasteiger charge is -2.23. The van der Waals surface area contributed by atoms with E-state index in [0.29, 0.717) is 12.5 Å². The minimum atomic E-state index is -0.450. The summed E-state index contributed by atoms with van der Waals surface area (Å²) >= 11 is 0. The summed E-state index contributed by atoms with van der Waals surface area (Å²) in [5.41, 5.74) is 7.16. The molecule has 0 amide bonds. The Morgan fingerprint density at radius 2 is 1.89 bits per heavy atom. The summed E-state index contributed by atoms with van der Waals surface area (Å²) in [5.74, 6) is 1.26. The molecule has 0 fully saturated rings. The monoisotopic (exact) mass is 267 g/mol. The molecule has 0 saturated heterocycles. The first-order chi connectivity index (χ1) is 9.12. The van der Waals surface area contributed by atoms with Gasteiger partial charge in [0.15, 0.2) is 0 Å². The van der Waals surface area contributed by atoms with Crippen LogP contribution >= 0.6 is 0 Å². The molecule has 3 atom stereocenters. The van der Waals surface area contributed by atoms with Gasteiger partial charge >= 0.3 is 0 Å². The fourth-order valence-corrected chi connectivity index (χ4v) is 1.85. The van der Waals surface area contributed by atoms with Gasteiger partial charge in [0.1, 0.15) is 11.9 Å². The lowest BCUT2D eigenvalue weighted by atomic mass is 9.99. The van der Waals surface area contributed by atoms with Gasteiger partial charge in [0, 0.05) is 7.11 Å². The van der Waals surface area contributed by atoms with E-state index in [2.05, 4.69) is 26.0 Å². The van der Waals surface area contributed by atoms with Crippen molar-refractivity contribution in [2.45, 2.75) is 38.3 Å². The number of aliphatic hydroxyl groups excluding tert-OH is 1. The van der Waals surface area contributed by atoms with E-state index in [-0.39, 0.29) is 12.6 Å². The SMILES string of the molecule is CCC(C)c1ccc(OC(CO)C(N)COC)cc1. The molecule has 0 aromatic heterocycles. The van der Waals surface area contributed by atoms with E-state index in [9.17, 15) is 5.11 Å². The van der Waals surface area contributed by atoms with Crippen molar-refractivity contribution >= 4 is 0 Å². The van der Waals surface area contributed by atoms with Crippen molar-refractivity contribution in [1.29, 1.82) is 0 Å². The number of hydrogen-bond donors (Lipinski definition) is 2. The van der Waals surface area contributed by atoms with E-state index < -0.39 is 6.10 Å². The summed E-state index contributed by atoms with van der Waals surface area (Å²) in [6, 6.07) is 7.61. The Kier molecular flexibility index (Phi) is 6.84. The Morgan fingerprint density at radius 3 is 2.37 bits per heavy atom. The number of benzene rings is 1. The molecule has 0 aliphatic rings. The largest absolute Gasteiger partial charge is 0.486 e. The zero-order valence-corrected chi connectivity index (χ0v) is 12.0. The third-order valence-electron chi connectivity index (χ3n) is 3.37. The van der Waals surface area contributed by atoms with Crippen LogP contribution in [0.15, 0.2) is 24.3 Å². The van der Waals surface area contributed by atoms with Crippen LogP contribution in [-0.4, -0.2) is 37.6 Å². The summed E-state index contributed by atoms with van der Waals surface area (Å²) in [6.45, 7) is 4.59. The van der Waals surface area contributed by atoms with Crippen molar-refractivity contribution in [1.82, 2.24) is 0 Å². The van der Waals surface area contributed by atoms with E-state index in [4.69, 9.17) is 15.2 Å². The topological polar surface area (TPSA) is 64.7 Å². The average molecular weight is 267 g/mol. The summed E-state index contributed by atoms with van der Waals surface area (Å²) in [6.07, 6.45) is 0.660. The van der Waals surface area contributed by atoms with Crippen LogP contribution in [0.3, 0.4) is 0 Å². The lowest BCUT2D eigenvalue weighted by molar-refractivity contribution is 0.0605. The van der Waals surface area contributed by atoms with Crippen molar-refractivity contribution in [2.24, 2.45) is 5.73 Å². The van der Waals surface area contributed by atoms with Gasteiger partial charge < -0.3 is 20.3 Å². The molecule has 1 aromatic carbocycles. The first-order valence-electron chi connectivity index (χ1n) is 6.74. The molecule has 0 heterocycles. The molecule has 4 heteroatoms. The second kappa shape index (κ2) is 8.15. The zero-order valence-electron chi connectivity index (χ0n) is 12.0. The van der Waals surface area contributed by atoms with Crippen LogP contribution in [0.25, 0.3) is 0 Å². The molecule has 0 radical (unpaired) electrons. The number of rotatable bonds is 8. The smallest absolute Gasteiger partial charge is 0.139 e. The highest BCUT2D eigenvalue weighted by Crippen LogP contribution is 2.22. The second-order valence-electron chi connectivity index (χ2n) is 4.84. The summed E-state index contributed by atoms with van der Waals surface area (Å²) in [5, 5.41) is 9.30. The van der Waals surface area contributed by atoms with Gasteiger partial charge in [0.2, 0.25) is 0 Å². The third-order valence-corrected chi connectivity index (χ3v) is 3.37. The molecule has 4 nitrogen and oxygen atoms in total. The van der Waals surface area contributed by atoms with E-state index >= 15 is 0 Å².